The minimum Gasteiger partial charge on any atom is -0.491 e. The van der Waals surface area contributed by atoms with Gasteiger partial charge in [-0.15, -0.1) is 11.3 Å². The number of aromatic nitrogens is 1. The molecule has 9 heteroatoms. The van der Waals surface area contributed by atoms with Crippen molar-refractivity contribution >= 4 is 17.3 Å². The van der Waals surface area contributed by atoms with Gasteiger partial charge in [0.2, 0.25) is 0 Å². The molecular weight excluding hydrogens is 377 g/mol. The Balaban J connectivity index is 1.77. The second-order valence-corrected chi connectivity index (χ2v) is 6.96. The maximum atomic E-state index is 12.6. The zero-order valence-corrected chi connectivity index (χ0v) is 16.2. The van der Waals surface area contributed by atoms with Crippen molar-refractivity contribution in [2.75, 3.05) is 20.2 Å². The van der Waals surface area contributed by atoms with Crippen molar-refractivity contribution in [1.29, 1.82) is 0 Å². The first kappa shape index (κ1) is 21.0. The van der Waals surface area contributed by atoms with Gasteiger partial charge in [-0.3, -0.25) is 4.99 Å². The summed E-state index contributed by atoms with van der Waals surface area (Å²) in [6.45, 7) is 5.30. The third-order valence-electron chi connectivity index (χ3n) is 3.67. The van der Waals surface area contributed by atoms with Gasteiger partial charge in [0.25, 0.3) is 0 Å². The molecule has 5 nitrogen and oxygen atoms in total. The van der Waals surface area contributed by atoms with Crippen LogP contribution < -0.4 is 15.4 Å². The first-order valence-electron chi connectivity index (χ1n) is 8.49. The molecule has 0 fully saturated rings. The first-order chi connectivity index (χ1) is 12.8. The highest BCUT2D eigenvalue weighted by atomic mass is 32.1. The normalized spacial score (nSPS) is 12.3. The molecule has 0 saturated heterocycles. The largest absolute Gasteiger partial charge is 0.491 e. The molecule has 0 aliphatic rings. The van der Waals surface area contributed by atoms with Crippen molar-refractivity contribution < 1.29 is 17.9 Å². The van der Waals surface area contributed by atoms with Crippen molar-refractivity contribution in [3.8, 4) is 5.75 Å². The van der Waals surface area contributed by atoms with Crippen LogP contribution in [0.2, 0.25) is 0 Å². The van der Waals surface area contributed by atoms with Gasteiger partial charge in [-0.25, -0.2) is 4.98 Å². The van der Waals surface area contributed by atoms with Crippen LogP contribution in [0.1, 0.15) is 36.0 Å². The van der Waals surface area contributed by atoms with Crippen LogP contribution >= 0.6 is 11.3 Å². The van der Waals surface area contributed by atoms with E-state index in [0.717, 1.165) is 28.0 Å². The van der Waals surface area contributed by atoms with Gasteiger partial charge in [0.1, 0.15) is 17.4 Å². The number of benzene rings is 1. The highest BCUT2D eigenvalue weighted by Gasteiger charge is 2.33. The van der Waals surface area contributed by atoms with Crippen LogP contribution in [0, 0.1) is 0 Å². The third-order valence-corrected chi connectivity index (χ3v) is 4.51. The number of thiazole rings is 1. The van der Waals surface area contributed by atoms with Crippen LogP contribution in [0.15, 0.2) is 34.6 Å². The molecule has 0 radical (unpaired) electrons. The van der Waals surface area contributed by atoms with E-state index in [1.807, 2.05) is 24.3 Å². The Morgan fingerprint density at radius 2 is 2.00 bits per heavy atom. The Morgan fingerprint density at radius 1 is 1.26 bits per heavy atom. The molecule has 2 aromatic rings. The molecule has 0 amide bonds. The lowest BCUT2D eigenvalue weighted by molar-refractivity contribution is -0.140. The lowest BCUT2D eigenvalue weighted by Gasteiger charge is -2.15. The summed E-state index contributed by atoms with van der Waals surface area (Å²) in [5.41, 5.74) is 0.272. The maximum absolute atomic E-state index is 12.6. The molecule has 0 aliphatic heterocycles. The number of alkyl halides is 3. The number of guanidine groups is 1. The summed E-state index contributed by atoms with van der Waals surface area (Å²) in [6, 6.07) is 7.88. The van der Waals surface area contributed by atoms with E-state index in [4.69, 9.17) is 4.74 Å². The lowest BCUT2D eigenvalue weighted by Crippen LogP contribution is -2.38. The number of hydrogen-bond donors (Lipinski definition) is 2. The molecule has 148 valence electrons. The molecule has 0 unspecified atom stereocenters. The Morgan fingerprint density at radius 3 is 2.63 bits per heavy atom. The topological polar surface area (TPSA) is 58.5 Å². The minimum absolute atomic E-state index is 0.164. The quantitative estimate of drug-likeness (QED) is 0.419. The third kappa shape index (κ3) is 6.42. The average Bonchev–Trinajstić information content (AvgIpc) is 3.11. The van der Waals surface area contributed by atoms with E-state index in [1.165, 1.54) is 0 Å². The molecule has 1 aromatic carbocycles. The summed E-state index contributed by atoms with van der Waals surface area (Å²) in [7, 11) is 1.59. The zero-order valence-electron chi connectivity index (χ0n) is 15.4. The van der Waals surface area contributed by atoms with Crippen LogP contribution in [0.25, 0.3) is 0 Å². The predicted octanol–water partition coefficient (Wildman–Crippen LogP) is 4.03. The van der Waals surface area contributed by atoms with Gasteiger partial charge in [-0.05, 0) is 17.5 Å². The molecule has 1 heterocycles. The Bertz CT molecular complexity index is 759. The van der Waals surface area contributed by atoms with E-state index in [2.05, 4.69) is 34.5 Å². The molecule has 0 saturated carbocycles. The summed E-state index contributed by atoms with van der Waals surface area (Å²) >= 11 is 0.958. The Kier molecular flexibility index (Phi) is 7.46. The molecule has 0 atom stereocenters. The minimum atomic E-state index is -4.42. The van der Waals surface area contributed by atoms with Crippen LogP contribution in [0.3, 0.4) is 0 Å². The van der Waals surface area contributed by atoms with Crippen LogP contribution in [-0.4, -0.2) is 31.1 Å². The van der Waals surface area contributed by atoms with Crippen molar-refractivity contribution in [3.05, 3.63) is 45.9 Å². The standard InChI is InChI=1S/C18H23F3N4OS/c1-12(2)13-6-4-5-7-14(13)26-9-8-23-17(22-3)24-10-16-25-15(11-27-16)18(19,20)21/h4-7,11-12H,8-10H2,1-3H3,(H2,22,23,24). The SMILES string of the molecule is CN=C(NCCOc1ccccc1C(C)C)NCc1nc(C(F)(F)F)cs1. The van der Waals surface area contributed by atoms with Gasteiger partial charge in [-0.1, -0.05) is 32.0 Å². The Hall–Kier alpha value is -2.29. The van der Waals surface area contributed by atoms with Gasteiger partial charge in [0.05, 0.1) is 13.1 Å². The Labute approximate surface area is 160 Å². The van der Waals surface area contributed by atoms with Crippen molar-refractivity contribution in [2.24, 2.45) is 4.99 Å². The van der Waals surface area contributed by atoms with Crippen LogP contribution in [-0.2, 0) is 12.7 Å². The summed E-state index contributed by atoms with van der Waals surface area (Å²) in [6.07, 6.45) is -4.42. The number of halogens is 3. The van der Waals surface area contributed by atoms with Crippen LogP contribution in [0.5, 0.6) is 5.75 Å². The number of nitrogens with zero attached hydrogens (tertiary/aromatic N) is 2. The molecule has 2 N–H and O–H groups in total. The fourth-order valence-electron chi connectivity index (χ4n) is 2.32. The number of nitrogens with one attached hydrogen (secondary N) is 2. The second kappa shape index (κ2) is 9.59. The maximum Gasteiger partial charge on any atom is 0.434 e. The predicted molar refractivity (Wildman–Crippen MR) is 101 cm³/mol. The molecule has 0 bridgehead atoms. The van der Waals surface area contributed by atoms with Crippen molar-refractivity contribution in [3.63, 3.8) is 0 Å². The molecule has 1 aromatic heterocycles. The zero-order chi connectivity index (χ0) is 19.9. The fourth-order valence-corrected chi connectivity index (χ4v) is 3.06. The van der Waals surface area contributed by atoms with Gasteiger partial charge >= 0.3 is 6.18 Å². The van der Waals surface area contributed by atoms with Crippen LogP contribution in [0.4, 0.5) is 13.2 Å². The molecule has 27 heavy (non-hydrogen) atoms. The summed E-state index contributed by atoms with van der Waals surface area (Å²) < 4.78 is 43.5. The highest BCUT2D eigenvalue weighted by molar-refractivity contribution is 7.09. The van der Waals surface area contributed by atoms with E-state index < -0.39 is 11.9 Å². The van der Waals surface area contributed by atoms with Gasteiger partial charge < -0.3 is 15.4 Å². The van der Waals surface area contributed by atoms with Crippen molar-refractivity contribution in [2.45, 2.75) is 32.5 Å². The summed E-state index contributed by atoms with van der Waals surface area (Å²) in [5.74, 6) is 1.68. The molecule has 0 spiro atoms. The number of aliphatic imine (C=N–C) groups is 1. The molecular formula is C18H23F3N4OS. The van der Waals surface area contributed by atoms with Gasteiger partial charge in [-0.2, -0.15) is 13.2 Å². The summed E-state index contributed by atoms with van der Waals surface area (Å²) in [5, 5.41) is 7.35. The highest BCUT2D eigenvalue weighted by Crippen LogP contribution is 2.30. The van der Waals surface area contributed by atoms with E-state index in [0.29, 0.717) is 30.0 Å². The van der Waals surface area contributed by atoms with E-state index in [9.17, 15) is 13.2 Å². The van der Waals surface area contributed by atoms with Crippen molar-refractivity contribution in [1.82, 2.24) is 15.6 Å². The first-order valence-corrected chi connectivity index (χ1v) is 9.37. The van der Waals surface area contributed by atoms with E-state index in [-0.39, 0.29) is 6.54 Å². The number of ether oxygens (including phenoxy) is 1. The fraction of sp³-hybridized carbons (Fsp3) is 0.444. The lowest BCUT2D eigenvalue weighted by atomic mass is 10.0. The number of rotatable bonds is 7. The second-order valence-electron chi connectivity index (χ2n) is 6.02. The smallest absolute Gasteiger partial charge is 0.434 e. The molecule has 0 aliphatic carbocycles. The van der Waals surface area contributed by atoms with E-state index in [1.54, 1.807) is 7.05 Å². The van der Waals surface area contributed by atoms with Gasteiger partial charge in [0, 0.05) is 12.4 Å². The number of para-hydroxylation sites is 1. The number of hydrogen-bond acceptors (Lipinski definition) is 4. The summed E-state index contributed by atoms with van der Waals surface area (Å²) in [4.78, 5) is 7.62. The van der Waals surface area contributed by atoms with E-state index >= 15 is 0 Å². The monoisotopic (exact) mass is 400 g/mol. The van der Waals surface area contributed by atoms with Gasteiger partial charge in [0.15, 0.2) is 11.7 Å². The average molecular weight is 400 g/mol. The molecule has 2 rings (SSSR count).